The molecule has 0 fully saturated rings. The zero-order valence-corrected chi connectivity index (χ0v) is 14.7. The van der Waals surface area contributed by atoms with Crippen molar-refractivity contribution in [3.63, 3.8) is 0 Å². The molecule has 0 saturated carbocycles. The fraction of sp³-hybridized carbons (Fsp3) is 0.0588. The van der Waals surface area contributed by atoms with E-state index in [9.17, 15) is 10.1 Å². The van der Waals surface area contributed by atoms with Crippen LogP contribution in [0.25, 0.3) is 21.3 Å². The monoisotopic (exact) mass is 368 g/mol. The number of benzene rings is 2. The summed E-state index contributed by atoms with van der Waals surface area (Å²) in [5.41, 5.74) is 3.14. The van der Waals surface area contributed by atoms with Gasteiger partial charge in [-0.1, -0.05) is 47.4 Å². The molecule has 124 valence electrons. The molecule has 0 aliphatic heterocycles. The van der Waals surface area contributed by atoms with E-state index in [1.54, 1.807) is 23.9 Å². The number of non-ortho nitro benzene ring substituents is 1. The number of anilines is 2. The summed E-state index contributed by atoms with van der Waals surface area (Å²) in [6.07, 6.45) is 1.98. The third-order valence-electron chi connectivity index (χ3n) is 3.72. The predicted octanol–water partition coefficient (Wildman–Crippen LogP) is 5.22. The summed E-state index contributed by atoms with van der Waals surface area (Å²) in [4.78, 5) is 20.8. The van der Waals surface area contributed by atoms with Gasteiger partial charge in [0.2, 0.25) is 0 Å². The Labute approximate surface area is 151 Å². The summed E-state index contributed by atoms with van der Waals surface area (Å²) in [5.74, 6) is 0. The first-order valence-electron chi connectivity index (χ1n) is 7.40. The van der Waals surface area contributed by atoms with Crippen LogP contribution in [0.15, 0.2) is 52.9 Å². The molecular weight excluding hydrogens is 356 g/mol. The Bertz CT molecular complexity index is 1110. The number of fused-ring (bicyclic) bond motifs is 2. The van der Waals surface area contributed by atoms with E-state index in [2.05, 4.69) is 15.3 Å². The number of nitrogens with zero attached hydrogens (tertiary/aromatic N) is 3. The number of nitro groups is 1. The van der Waals surface area contributed by atoms with Crippen molar-refractivity contribution in [1.29, 1.82) is 0 Å². The lowest BCUT2D eigenvalue weighted by molar-refractivity contribution is -0.384. The van der Waals surface area contributed by atoms with Crippen molar-refractivity contribution in [3.8, 4) is 0 Å². The lowest BCUT2D eigenvalue weighted by Gasteiger charge is -2.10. The molecule has 0 saturated heterocycles. The Morgan fingerprint density at radius 3 is 2.80 bits per heavy atom. The lowest BCUT2D eigenvalue weighted by atomic mass is 10.1. The topological polar surface area (TPSA) is 81.0 Å². The van der Waals surface area contributed by atoms with E-state index in [1.165, 1.54) is 23.5 Å². The van der Waals surface area contributed by atoms with Crippen LogP contribution in [-0.2, 0) is 0 Å². The zero-order chi connectivity index (χ0) is 17.4. The van der Waals surface area contributed by atoms with Gasteiger partial charge in [-0.3, -0.25) is 10.1 Å². The first-order valence-corrected chi connectivity index (χ1v) is 9.44. The standard InChI is InChI=1S/C17H12N4O2S2/c1-24-17-20-15-14(18-10-5-4-6-11(9-10)21(22)23)12-7-2-3-8-13(12)19-16(15)25-17/h2-9H,1H3,(H,18,19). The molecule has 6 nitrogen and oxygen atoms in total. The summed E-state index contributed by atoms with van der Waals surface area (Å²) in [6, 6.07) is 14.3. The van der Waals surface area contributed by atoms with Crippen molar-refractivity contribution in [2.75, 3.05) is 11.6 Å². The number of hydrogen-bond donors (Lipinski definition) is 1. The van der Waals surface area contributed by atoms with Crippen molar-refractivity contribution >= 4 is 61.4 Å². The number of thiazole rings is 1. The normalized spacial score (nSPS) is 11.1. The Balaban J connectivity index is 1.93. The van der Waals surface area contributed by atoms with Crippen LogP contribution in [0.4, 0.5) is 17.1 Å². The van der Waals surface area contributed by atoms with Gasteiger partial charge >= 0.3 is 0 Å². The summed E-state index contributed by atoms with van der Waals surface area (Å²) in [7, 11) is 0. The van der Waals surface area contributed by atoms with E-state index in [-0.39, 0.29) is 5.69 Å². The molecule has 2 heterocycles. The van der Waals surface area contributed by atoms with Gasteiger partial charge in [0.05, 0.1) is 16.1 Å². The van der Waals surface area contributed by atoms with E-state index in [1.807, 2.05) is 30.5 Å². The molecule has 0 bridgehead atoms. The molecule has 2 aromatic heterocycles. The third-order valence-corrected chi connectivity index (χ3v) is 5.66. The van der Waals surface area contributed by atoms with Gasteiger partial charge in [-0.05, 0) is 18.4 Å². The molecule has 2 aromatic carbocycles. The van der Waals surface area contributed by atoms with Gasteiger partial charge in [-0.2, -0.15) is 0 Å². The summed E-state index contributed by atoms with van der Waals surface area (Å²) >= 11 is 3.11. The Morgan fingerprint density at radius 2 is 2.00 bits per heavy atom. The summed E-state index contributed by atoms with van der Waals surface area (Å²) in [5, 5.41) is 15.3. The average Bonchev–Trinajstić information content (AvgIpc) is 3.05. The van der Waals surface area contributed by atoms with Crippen LogP contribution in [0, 0.1) is 10.1 Å². The van der Waals surface area contributed by atoms with Crippen molar-refractivity contribution in [3.05, 3.63) is 58.6 Å². The molecule has 1 N–H and O–H groups in total. The van der Waals surface area contributed by atoms with Crippen LogP contribution in [0.1, 0.15) is 0 Å². The fourth-order valence-corrected chi connectivity index (χ4v) is 4.05. The lowest BCUT2D eigenvalue weighted by Crippen LogP contribution is -1.96. The quantitative estimate of drug-likeness (QED) is 0.302. The third kappa shape index (κ3) is 2.90. The Morgan fingerprint density at radius 1 is 1.16 bits per heavy atom. The summed E-state index contributed by atoms with van der Waals surface area (Å²) in [6.45, 7) is 0. The average molecular weight is 368 g/mol. The van der Waals surface area contributed by atoms with Gasteiger partial charge in [-0.25, -0.2) is 9.97 Å². The molecule has 0 spiro atoms. The SMILES string of the molecule is CSc1nc2c(Nc3cccc([N+](=O)[O-])c3)c3ccccc3nc2s1. The minimum absolute atomic E-state index is 0.0442. The van der Waals surface area contributed by atoms with E-state index < -0.39 is 4.92 Å². The predicted molar refractivity (Wildman–Crippen MR) is 103 cm³/mol. The van der Waals surface area contributed by atoms with Gasteiger partial charge < -0.3 is 5.32 Å². The second kappa shape index (κ2) is 6.30. The van der Waals surface area contributed by atoms with E-state index >= 15 is 0 Å². The van der Waals surface area contributed by atoms with Crippen molar-refractivity contribution < 1.29 is 4.92 Å². The maximum absolute atomic E-state index is 11.0. The zero-order valence-electron chi connectivity index (χ0n) is 13.1. The van der Waals surface area contributed by atoms with Gasteiger partial charge in [-0.15, -0.1) is 0 Å². The van der Waals surface area contributed by atoms with Crippen LogP contribution < -0.4 is 5.32 Å². The van der Waals surface area contributed by atoms with Gasteiger partial charge in [0.25, 0.3) is 5.69 Å². The molecule has 0 atom stereocenters. The van der Waals surface area contributed by atoms with E-state index in [4.69, 9.17) is 0 Å². The fourth-order valence-electron chi connectivity index (χ4n) is 2.61. The molecule has 25 heavy (non-hydrogen) atoms. The van der Waals surface area contributed by atoms with Gasteiger partial charge in [0.15, 0.2) is 4.34 Å². The molecular formula is C17H12N4O2S2. The highest BCUT2D eigenvalue weighted by atomic mass is 32.2. The van der Waals surface area contributed by atoms with Crippen LogP contribution in [-0.4, -0.2) is 21.1 Å². The van der Waals surface area contributed by atoms with Gasteiger partial charge in [0.1, 0.15) is 10.3 Å². The van der Waals surface area contributed by atoms with Crippen molar-refractivity contribution in [1.82, 2.24) is 9.97 Å². The summed E-state index contributed by atoms with van der Waals surface area (Å²) < 4.78 is 0.930. The highest BCUT2D eigenvalue weighted by Crippen LogP contribution is 2.37. The highest BCUT2D eigenvalue weighted by molar-refractivity contribution is 8.00. The smallest absolute Gasteiger partial charge is 0.271 e. The van der Waals surface area contributed by atoms with Crippen LogP contribution in [0.5, 0.6) is 0 Å². The molecule has 0 amide bonds. The first kappa shape index (κ1) is 15.8. The number of para-hydroxylation sites is 1. The van der Waals surface area contributed by atoms with E-state index in [0.29, 0.717) is 5.69 Å². The molecule has 0 unspecified atom stereocenters. The highest BCUT2D eigenvalue weighted by Gasteiger charge is 2.15. The molecule has 0 aliphatic rings. The number of hydrogen-bond acceptors (Lipinski definition) is 7. The minimum Gasteiger partial charge on any atom is -0.353 e. The largest absolute Gasteiger partial charge is 0.353 e. The first-order chi connectivity index (χ1) is 12.2. The number of nitrogens with one attached hydrogen (secondary N) is 1. The molecule has 8 heteroatoms. The molecule has 0 radical (unpaired) electrons. The van der Waals surface area contributed by atoms with Crippen molar-refractivity contribution in [2.24, 2.45) is 0 Å². The number of rotatable bonds is 4. The minimum atomic E-state index is -0.403. The maximum atomic E-state index is 11.0. The second-order valence-corrected chi connectivity index (χ2v) is 7.30. The van der Waals surface area contributed by atoms with Crippen LogP contribution in [0.3, 0.4) is 0 Å². The van der Waals surface area contributed by atoms with Crippen LogP contribution >= 0.6 is 23.1 Å². The molecule has 4 rings (SSSR count). The number of pyridine rings is 1. The molecule has 4 aromatic rings. The van der Waals surface area contributed by atoms with E-state index in [0.717, 1.165) is 31.3 Å². The van der Waals surface area contributed by atoms with Crippen molar-refractivity contribution in [2.45, 2.75) is 4.34 Å². The number of thioether (sulfide) groups is 1. The second-order valence-electron chi connectivity index (χ2n) is 5.27. The number of aromatic nitrogens is 2. The Hall–Kier alpha value is -2.71. The Kier molecular flexibility index (Phi) is 3.98. The van der Waals surface area contributed by atoms with Gasteiger partial charge in [0, 0.05) is 23.2 Å². The maximum Gasteiger partial charge on any atom is 0.271 e. The number of nitro benzene ring substituents is 1. The molecule has 0 aliphatic carbocycles. The van der Waals surface area contributed by atoms with Crippen LogP contribution in [0.2, 0.25) is 0 Å².